The van der Waals surface area contributed by atoms with E-state index in [4.69, 9.17) is 28.3 Å². The van der Waals surface area contributed by atoms with Gasteiger partial charge in [0.1, 0.15) is 23.2 Å². The number of anilines is 2. The topological polar surface area (TPSA) is 116 Å². The van der Waals surface area contributed by atoms with Gasteiger partial charge in [-0.05, 0) is 12.1 Å². The molecule has 0 bridgehead atoms. The van der Waals surface area contributed by atoms with E-state index in [1.54, 1.807) is 0 Å². The fraction of sp³-hybridized carbons (Fsp3) is 0.385. The zero-order chi connectivity index (χ0) is 19.6. The second-order valence-corrected chi connectivity index (χ2v) is 8.01. The molecule has 1 heterocycles. The Labute approximate surface area is 157 Å². The molecule has 0 aliphatic carbocycles. The average molecular weight is 432 g/mol. The average Bonchev–Trinajstić information content (AvgIpc) is 2.84. The molecule has 8 nitrogen and oxygen atoms in total. The first-order valence-corrected chi connectivity index (χ1v) is 9.61. The number of hydrogen-bond donors (Lipinski definition) is 3. The molecule has 0 saturated carbocycles. The predicted molar refractivity (Wildman–Crippen MR) is 91.1 cm³/mol. The normalized spacial score (nSPS) is 18.8. The Morgan fingerprint density at radius 2 is 2.04 bits per heavy atom. The molecular weight excluding hydrogens is 419 g/mol. The molecule has 1 saturated heterocycles. The van der Waals surface area contributed by atoms with Crippen LogP contribution < -0.4 is 14.9 Å². The van der Waals surface area contributed by atoms with Crippen LogP contribution in [0.5, 0.6) is 0 Å². The minimum Gasteiger partial charge on any atom is -0.393 e. The Morgan fingerprint density at radius 1 is 1.38 bits per heavy atom. The van der Waals surface area contributed by atoms with Crippen LogP contribution in [0.2, 0.25) is 5.02 Å². The van der Waals surface area contributed by atoms with Gasteiger partial charge in [-0.3, -0.25) is 9.52 Å². The number of rotatable bonds is 7. The molecule has 2 atom stereocenters. The summed E-state index contributed by atoms with van der Waals surface area (Å²) in [6, 6.07) is -0.774. The third-order valence-electron chi connectivity index (χ3n) is 3.40. The maximum absolute atomic E-state index is 14.2. The molecule has 3 amide bonds. The summed E-state index contributed by atoms with van der Waals surface area (Å²) >= 11 is 11.0. The number of nitrogens with one attached hydrogen (secondary N) is 2. The van der Waals surface area contributed by atoms with E-state index in [1.807, 2.05) is 4.72 Å². The number of halogens is 4. The van der Waals surface area contributed by atoms with E-state index in [2.05, 4.69) is 5.32 Å². The molecule has 1 aliphatic heterocycles. The van der Waals surface area contributed by atoms with E-state index in [1.165, 1.54) is 0 Å². The third kappa shape index (κ3) is 4.34. The molecule has 1 aromatic carbocycles. The number of hydrogen-bond acceptors (Lipinski definition) is 5. The Hall–Kier alpha value is -1.69. The van der Waals surface area contributed by atoms with Crippen LogP contribution in [0.4, 0.5) is 25.0 Å². The van der Waals surface area contributed by atoms with E-state index in [9.17, 15) is 26.8 Å². The summed E-state index contributed by atoms with van der Waals surface area (Å²) in [6.45, 7) is -0.848. The van der Waals surface area contributed by atoms with Crippen LogP contribution >= 0.6 is 23.2 Å². The summed E-state index contributed by atoms with van der Waals surface area (Å²) in [5, 5.41) is 9.74. The zero-order valence-electron chi connectivity index (χ0n) is 12.9. The van der Waals surface area contributed by atoms with Gasteiger partial charge in [0.15, 0.2) is 0 Å². The first kappa shape index (κ1) is 20.6. The second kappa shape index (κ2) is 7.91. The first-order valence-electron chi connectivity index (χ1n) is 7.04. The lowest BCUT2D eigenvalue weighted by atomic mass is 10.1. The number of imide groups is 1. The van der Waals surface area contributed by atoms with Crippen molar-refractivity contribution in [2.45, 2.75) is 18.6 Å². The lowest BCUT2D eigenvalue weighted by Crippen LogP contribution is -2.34. The fourth-order valence-corrected chi connectivity index (χ4v) is 3.21. The summed E-state index contributed by atoms with van der Waals surface area (Å²) in [5.41, 5.74) is -0.877. The quantitative estimate of drug-likeness (QED) is 0.447. The van der Waals surface area contributed by atoms with Gasteiger partial charge in [-0.15, -0.1) is 11.6 Å². The highest BCUT2D eigenvalue weighted by atomic mass is 35.5. The summed E-state index contributed by atoms with van der Waals surface area (Å²) in [5.74, 6) is -2.04. The van der Waals surface area contributed by atoms with Crippen LogP contribution in [-0.4, -0.2) is 49.5 Å². The van der Waals surface area contributed by atoms with Crippen molar-refractivity contribution in [1.82, 2.24) is 5.32 Å². The Balaban J connectivity index is 2.38. The number of benzene rings is 1. The van der Waals surface area contributed by atoms with E-state index in [0.717, 1.165) is 6.07 Å². The highest BCUT2D eigenvalue weighted by molar-refractivity contribution is 7.93. The van der Waals surface area contributed by atoms with E-state index >= 15 is 0 Å². The van der Waals surface area contributed by atoms with Gasteiger partial charge in [0.05, 0.1) is 23.0 Å². The number of carbonyl (C=O) groups is 2. The van der Waals surface area contributed by atoms with Gasteiger partial charge in [0.2, 0.25) is 10.0 Å². The van der Waals surface area contributed by atoms with Gasteiger partial charge in [0, 0.05) is 6.42 Å². The molecule has 13 heteroatoms. The lowest BCUT2D eigenvalue weighted by Gasteiger charge is -2.17. The Bertz CT molecular complexity index is 839. The van der Waals surface area contributed by atoms with E-state index < -0.39 is 63.9 Å². The number of urea groups is 1. The number of aliphatic hydroxyl groups is 1. The standard InChI is InChI=1S/C13H13Cl2F2N3O5S/c14-5-26(24,25)19-9-3-11(8(17)2-7(9)15)20-12(22)10(18-13(20)23)1-6(16)4-21/h2-3,6,10,19,21H,1,4-5H2,(H,18,23)/t6-,10+/m0/s1. The SMILES string of the molecule is O=C1N[C@H](C[C@H](F)CO)C(=O)N1c1cc(NS(=O)(=O)CCl)c(Cl)cc1F. The molecule has 0 aromatic heterocycles. The van der Waals surface area contributed by atoms with Crippen molar-refractivity contribution in [2.75, 3.05) is 21.4 Å². The van der Waals surface area contributed by atoms with Crippen molar-refractivity contribution >= 4 is 56.5 Å². The largest absolute Gasteiger partial charge is 0.393 e. The van der Waals surface area contributed by atoms with Crippen LogP contribution in [0.3, 0.4) is 0 Å². The van der Waals surface area contributed by atoms with Crippen LogP contribution in [0.1, 0.15) is 6.42 Å². The third-order valence-corrected chi connectivity index (χ3v) is 5.39. The zero-order valence-corrected chi connectivity index (χ0v) is 15.2. The molecule has 1 aromatic rings. The molecule has 0 radical (unpaired) electrons. The molecule has 3 N–H and O–H groups in total. The van der Waals surface area contributed by atoms with Crippen molar-refractivity contribution in [3.8, 4) is 0 Å². The minimum absolute atomic E-state index is 0.300. The van der Waals surface area contributed by atoms with Crippen molar-refractivity contribution in [3.63, 3.8) is 0 Å². The number of carbonyl (C=O) groups excluding carboxylic acids is 2. The summed E-state index contributed by atoms with van der Waals surface area (Å²) in [6.07, 6.45) is -2.26. The number of alkyl halides is 2. The number of aliphatic hydroxyl groups excluding tert-OH is 1. The van der Waals surface area contributed by atoms with Crippen molar-refractivity contribution in [3.05, 3.63) is 23.0 Å². The second-order valence-electron chi connectivity index (χ2n) is 5.30. The van der Waals surface area contributed by atoms with Gasteiger partial charge < -0.3 is 10.4 Å². The van der Waals surface area contributed by atoms with Gasteiger partial charge in [0.25, 0.3) is 5.91 Å². The molecule has 2 rings (SSSR count). The highest BCUT2D eigenvalue weighted by Gasteiger charge is 2.41. The summed E-state index contributed by atoms with van der Waals surface area (Å²) in [4.78, 5) is 24.7. The Morgan fingerprint density at radius 3 is 2.62 bits per heavy atom. The van der Waals surface area contributed by atoms with Crippen molar-refractivity contribution in [1.29, 1.82) is 0 Å². The molecule has 1 fully saturated rings. The lowest BCUT2D eigenvalue weighted by molar-refractivity contribution is -0.118. The summed E-state index contributed by atoms with van der Waals surface area (Å²) in [7, 11) is -3.98. The number of amides is 3. The molecule has 0 unspecified atom stereocenters. The van der Waals surface area contributed by atoms with Crippen LogP contribution in [0, 0.1) is 5.82 Å². The maximum Gasteiger partial charge on any atom is 0.329 e. The number of sulfonamides is 1. The van der Waals surface area contributed by atoms with Crippen molar-refractivity contribution < 1.29 is 31.9 Å². The van der Waals surface area contributed by atoms with Gasteiger partial charge >= 0.3 is 6.03 Å². The number of nitrogens with zero attached hydrogens (tertiary/aromatic N) is 1. The van der Waals surface area contributed by atoms with Crippen LogP contribution in [-0.2, 0) is 14.8 Å². The monoisotopic (exact) mass is 431 g/mol. The molecule has 144 valence electrons. The minimum atomic E-state index is -3.98. The maximum atomic E-state index is 14.2. The smallest absolute Gasteiger partial charge is 0.329 e. The molecule has 26 heavy (non-hydrogen) atoms. The van der Waals surface area contributed by atoms with E-state index in [-0.39, 0.29) is 10.7 Å². The molecule has 0 spiro atoms. The highest BCUT2D eigenvalue weighted by Crippen LogP contribution is 2.33. The Kier molecular flexibility index (Phi) is 6.27. The predicted octanol–water partition coefficient (Wildman–Crippen LogP) is 1.56. The van der Waals surface area contributed by atoms with E-state index in [0.29, 0.717) is 11.0 Å². The van der Waals surface area contributed by atoms with Crippen molar-refractivity contribution in [2.24, 2.45) is 0 Å². The van der Waals surface area contributed by atoms with Gasteiger partial charge in [-0.25, -0.2) is 26.9 Å². The van der Waals surface area contributed by atoms with Crippen LogP contribution in [0.25, 0.3) is 0 Å². The molecular formula is C13H13Cl2F2N3O5S. The van der Waals surface area contributed by atoms with Gasteiger partial charge in [-0.2, -0.15) is 0 Å². The first-order chi connectivity index (χ1) is 12.1. The fourth-order valence-electron chi connectivity index (χ4n) is 2.23. The molecule has 1 aliphatic rings. The van der Waals surface area contributed by atoms with Crippen LogP contribution in [0.15, 0.2) is 12.1 Å². The summed E-state index contributed by atoms with van der Waals surface area (Å²) < 4.78 is 52.6. The van der Waals surface area contributed by atoms with Gasteiger partial charge in [-0.1, -0.05) is 11.6 Å².